The molecule has 0 aromatic carbocycles. The number of β-lactam (4-membered cyclic amide) rings is 1. The molecule has 0 aliphatic carbocycles. The van der Waals surface area contributed by atoms with Crippen LogP contribution < -0.4 is 11.1 Å². The highest BCUT2D eigenvalue weighted by molar-refractivity contribution is 5.88. The number of nitrogens with one attached hydrogen (secondary N) is 1. The quantitative estimate of drug-likeness (QED) is 0.342. The first-order valence-corrected chi connectivity index (χ1v) is 3.35. The summed E-state index contributed by atoms with van der Waals surface area (Å²) in [6.07, 6.45) is 0. The minimum atomic E-state index is -0.833. The van der Waals surface area contributed by atoms with Crippen molar-refractivity contribution in [1.82, 2.24) is 5.32 Å². The highest BCUT2D eigenvalue weighted by Gasteiger charge is 2.34. The molecule has 1 amide bonds. The maximum atomic E-state index is 10.3. The van der Waals surface area contributed by atoms with Crippen LogP contribution in [0.5, 0.6) is 0 Å². The normalized spacial score (nSPS) is 26.1. The van der Waals surface area contributed by atoms with Gasteiger partial charge < -0.3 is 21.3 Å². The van der Waals surface area contributed by atoms with Crippen LogP contribution in [0.3, 0.4) is 0 Å². The summed E-state index contributed by atoms with van der Waals surface area (Å²) in [5.74, 6) is -1.01. The van der Waals surface area contributed by atoms with Gasteiger partial charge in [-0.2, -0.15) is 0 Å². The summed E-state index contributed by atoms with van der Waals surface area (Å²) >= 11 is 0. The zero-order valence-electron chi connectivity index (χ0n) is 6.65. The first kappa shape index (κ1) is 10.9. The van der Waals surface area contributed by atoms with E-state index < -0.39 is 12.0 Å². The number of aliphatic carboxylic acids is 1. The third-order valence-electron chi connectivity index (χ3n) is 1.26. The van der Waals surface area contributed by atoms with Gasteiger partial charge in [0.05, 0.1) is 12.6 Å². The molecule has 0 unspecified atom stereocenters. The van der Waals surface area contributed by atoms with Crippen LogP contribution in [-0.4, -0.2) is 40.8 Å². The number of aliphatic hydroxyl groups excluding tert-OH is 1. The predicted molar refractivity (Wildman–Crippen MR) is 40.3 cm³/mol. The number of aliphatic hydroxyl groups is 1. The molecule has 0 radical (unpaired) electrons. The third-order valence-corrected chi connectivity index (χ3v) is 1.26. The van der Waals surface area contributed by atoms with Crippen LogP contribution in [0, 0.1) is 0 Å². The number of nitrogens with two attached hydrogens (primary N) is 1. The molecule has 1 aliphatic heterocycles. The number of hydrogen-bond acceptors (Lipinski definition) is 4. The van der Waals surface area contributed by atoms with Crippen LogP contribution in [0.2, 0.25) is 0 Å². The van der Waals surface area contributed by atoms with Gasteiger partial charge in [-0.3, -0.25) is 9.59 Å². The van der Waals surface area contributed by atoms with Crippen molar-refractivity contribution in [2.45, 2.75) is 19.0 Å². The lowest BCUT2D eigenvalue weighted by molar-refractivity contribution is -0.134. The predicted octanol–water partition coefficient (Wildman–Crippen LogP) is -2.10. The van der Waals surface area contributed by atoms with Crippen molar-refractivity contribution in [2.75, 3.05) is 6.61 Å². The lowest BCUT2D eigenvalue weighted by Crippen LogP contribution is -2.68. The van der Waals surface area contributed by atoms with Crippen molar-refractivity contribution < 1.29 is 19.8 Å². The van der Waals surface area contributed by atoms with Crippen molar-refractivity contribution in [1.29, 1.82) is 0 Å². The molecule has 0 bridgehead atoms. The second-order valence-corrected chi connectivity index (χ2v) is 2.34. The smallest absolute Gasteiger partial charge is 0.300 e. The van der Waals surface area contributed by atoms with E-state index in [9.17, 15) is 4.79 Å². The zero-order chi connectivity index (χ0) is 9.72. The number of amides is 1. The summed E-state index contributed by atoms with van der Waals surface area (Å²) in [4.78, 5) is 19.3. The minimum Gasteiger partial charge on any atom is -0.481 e. The number of rotatable bonds is 1. The van der Waals surface area contributed by atoms with E-state index in [0.29, 0.717) is 0 Å². The molecule has 0 saturated carbocycles. The van der Waals surface area contributed by atoms with E-state index in [1.54, 1.807) is 0 Å². The number of carbonyl (C=O) groups is 2. The highest BCUT2D eigenvalue weighted by atomic mass is 16.4. The van der Waals surface area contributed by atoms with Crippen molar-refractivity contribution in [3.05, 3.63) is 0 Å². The Morgan fingerprint density at radius 3 is 2.25 bits per heavy atom. The topological polar surface area (TPSA) is 113 Å². The fourth-order valence-electron chi connectivity index (χ4n) is 0.614. The average molecular weight is 176 g/mol. The molecule has 0 spiro atoms. The van der Waals surface area contributed by atoms with E-state index in [1.807, 2.05) is 0 Å². The monoisotopic (exact) mass is 176 g/mol. The molecule has 6 nitrogen and oxygen atoms in total. The SMILES string of the molecule is CC(=O)O.N[C@@H]1C(=O)N[C@@H]1CO. The van der Waals surface area contributed by atoms with E-state index in [0.717, 1.165) is 6.92 Å². The number of carboxylic acids is 1. The Bertz CT molecular complexity index is 178. The van der Waals surface area contributed by atoms with Crippen LogP contribution in [0.25, 0.3) is 0 Å². The summed E-state index contributed by atoms with van der Waals surface area (Å²) in [6.45, 7) is 1.02. The van der Waals surface area contributed by atoms with Crippen molar-refractivity contribution in [3.8, 4) is 0 Å². The Morgan fingerprint density at radius 1 is 1.75 bits per heavy atom. The zero-order valence-corrected chi connectivity index (χ0v) is 6.65. The number of carboxylic acid groups (broad SMARTS) is 1. The van der Waals surface area contributed by atoms with Crippen LogP contribution >= 0.6 is 0 Å². The largest absolute Gasteiger partial charge is 0.481 e. The van der Waals surface area contributed by atoms with Gasteiger partial charge in [0.25, 0.3) is 5.97 Å². The van der Waals surface area contributed by atoms with Gasteiger partial charge in [0.2, 0.25) is 5.91 Å². The van der Waals surface area contributed by atoms with E-state index in [1.165, 1.54) is 0 Å². The van der Waals surface area contributed by atoms with Crippen molar-refractivity contribution in [2.24, 2.45) is 5.73 Å². The second kappa shape index (κ2) is 4.68. The highest BCUT2D eigenvalue weighted by Crippen LogP contribution is 2.00. The summed E-state index contributed by atoms with van der Waals surface area (Å²) < 4.78 is 0. The first-order chi connectivity index (χ1) is 5.49. The molecule has 1 fully saturated rings. The average Bonchev–Trinajstić information content (AvgIpc) is 1.98. The fraction of sp³-hybridized carbons (Fsp3) is 0.667. The Kier molecular flexibility index (Phi) is 4.24. The van der Waals surface area contributed by atoms with E-state index >= 15 is 0 Å². The van der Waals surface area contributed by atoms with Gasteiger partial charge >= 0.3 is 0 Å². The molecule has 1 saturated heterocycles. The molecule has 5 N–H and O–H groups in total. The molecule has 12 heavy (non-hydrogen) atoms. The molecule has 1 heterocycles. The molecule has 2 atom stereocenters. The third kappa shape index (κ3) is 3.31. The van der Waals surface area contributed by atoms with Gasteiger partial charge in [-0.05, 0) is 0 Å². The number of hydrogen-bond donors (Lipinski definition) is 4. The standard InChI is InChI=1S/C4H8N2O2.C2H4O2/c5-3-2(1-7)6-4(3)8;1-2(3)4/h2-3,7H,1,5H2,(H,6,8);1H3,(H,3,4)/t2-,3+;/m1./s1. The molecule has 6 heteroatoms. The second-order valence-electron chi connectivity index (χ2n) is 2.34. The van der Waals surface area contributed by atoms with Crippen LogP contribution in [-0.2, 0) is 9.59 Å². The Morgan fingerprint density at radius 2 is 2.17 bits per heavy atom. The molecular formula is C6H12N2O4. The number of carbonyl (C=O) groups excluding carboxylic acids is 1. The summed E-state index contributed by atoms with van der Waals surface area (Å²) in [5.41, 5.74) is 5.20. The van der Waals surface area contributed by atoms with E-state index in [-0.39, 0.29) is 18.6 Å². The fourth-order valence-corrected chi connectivity index (χ4v) is 0.614. The van der Waals surface area contributed by atoms with Crippen LogP contribution in [0.1, 0.15) is 6.92 Å². The lowest BCUT2D eigenvalue weighted by Gasteiger charge is -2.31. The van der Waals surface area contributed by atoms with Gasteiger partial charge in [-0.1, -0.05) is 0 Å². The van der Waals surface area contributed by atoms with Crippen LogP contribution in [0.15, 0.2) is 0 Å². The minimum absolute atomic E-state index is 0.0626. The van der Waals surface area contributed by atoms with Gasteiger partial charge in [-0.25, -0.2) is 0 Å². The molecule has 1 rings (SSSR count). The van der Waals surface area contributed by atoms with Crippen molar-refractivity contribution in [3.63, 3.8) is 0 Å². The first-order valence-electron chi connectivity index (χ1n) is 3.35. The van der Waals surface area contributed by atoms with Crippen molar-refractivity contribution >= 4 is 11.9 Å². The summed E-state index contributed by atoms with van der Waals surface area (Å²) in [5, 5.41) is 18.2. The van der Waals surface area contributed by atoms with Gasteiger partial charge in [0.1, 0.15) is 6.04 Å². The van der Waals surface area contributed by atoms with E-state index in [4.69, 9.17) is 20.7 Å². The van der Waals surface area contributed by atoms with Crippen LogP contribution in [0.4, 0.5) is 0 Å². The maximum Gasteiger partial charge on any atom is 0.300 e. The Balaban J connectivity index is 0.000000261. The molecular weight excluding hydrogens is 164 g/mol. The molecule has 0 aromatic rings. The molecule has 1 aliphatic rings. The van der Waals surface area contributed by atoms with E-state index in [2.05, 4.69) is 5.32 Å². The summed E-state index contributed by atoms with van der Waals surface area (Å²) in [7, 11) is 0. The van der Waals surface area contributed by atoms with Gasteiger partial charge in [0, 0.05) is 6.92 Å². The summed E-state index contributed by atoms with van der Waals surface area (Å²) in [6, 6.07) is -0.692. The Labute approximate surface area is 69.4 Å². The molecule has 0 aromatic heterocycles. The Hall–Kier alpha value is -1.14. The molecule has 70 valence electrons. The van der Waals surface area contributed by atoms with Gasteiger partial charge in [-0.15, -0.1) is 0 Å². The lowest BCUT2D eigenvalue weighted by atomic mass is 10.0. The van der Waals surface area contributed by atoms with Gasteiger partial charge in [0.15, 0.2) is 0 Å². The maximum absolute atomic E-state index is 10.3.